The van der Waals surface area contributed by atoms with Gasteiger partial charge in [-0.3, -0.25) is 9.36 Å². The minimum atomic E-state index is -0.461. The molecule has 0 bridgehead atoms. The summed E-state index contributed by atoms with van der Waals surface area (Å²) in [7, 11) is 1.31. The van der Waals surface area contributed by atoms with Crippen LogP contribution in [0.1, 0.15) is 20.7 Å². The van der Waals surface area contributed by atoms with Crippen molar-refractivity contribution in [2.75, 3.05) is 12.4 Å². The quantitative estimate of drug-likeness (QED) is 0.745. The summed E-state index contributed by atoms with van der Waals surface area (Å²) in [6.07, 6.45) is 6.52. The summed E-state index contributed by atoms with van der Waals surface area (Å²) >= 11 is 0. The Morgan fingerprint density at radius 3 is 2.71 bits per heavy atom. The highest BCUT2D eigenvalue weighted by Crippen LogP contribution is 2.13. The van der Waals surface area contributed by atoms with Gasteiger partial charge in [-0.15, -0.1) is 0 Å². The summed E-state index contributed by atoms with van der Waals surface area (Å²) in [6.45, 7) is 0. The van der Waals surface area contributed by atoms with E-state index < -0.39 is 5.97 Å². The molecule has 1 N–H and O–H groups in total. The largest absolute Gasteiger partial charge is 0.465 e. The maximum absolute atomic E-state index is 12.3. The lowest BCUT2D eigenvalue weighted by Crippen LogP contribution is -2.13. The molecule has 1 aromatic carbocycles. The van der Waals surface area contributed by atoms with Gasteiger partial charge in [-0.25, -0.2) is 14.8 Å². The number of esters is 1. The van der Waals surface area contributed by atoms with Gasteiger partial charge >= 0.3 is 5.97 Å². The number of methoxy groups -OCH3 is 1. The Bertz CT molecular complexity index is 858. The van der Waals surface area contributed by atoms with Crippen LogP contribution in [0.15, 0.2) is 61.3 Å². The smallest absolute Gasteiger partial charge is 0.337 e. The minimum absolute atomic E-state index is 0.318. The summed E-state index contributed by atoms with van der Waals surface area (Å²) < 4.78 is 6.40. The van der Waals surface area contributed by atoms with Crippen LogP contribution >= 0.6 is 0 Å². The average Bonchev–Trinajstić information content (AvgIpc) is 3.16. The van der Waals surface area contributed by atoms with Crippen molar-refractivity contribution >= 4 is 17.6 Å². The van der Waals surface area contributed by atoms with Gasteiger partial charge < -0.3 is 10.1 Å². The molecule has 3 rings (SSSR count). The molecule has 2 aromatic heterocycles. The molecule has 0 radical (unpaired) electrons. The van der Waals surface area contributed by atoms with Gasteiger partial charge in [0.05, 0.1) is 18.2 Å². The van der Waals surface area contributed by atoms with Gasteiger partial charge in [0.2, 0.25) is 0 Å². The molecule has 7 heteroatoms. The molecule has 0 atom stereocenters. The fourth-order valence-electron chi connectivity index (χ4n) is 2.11. The maximum Gasteiger partial charge on any atom is 0.337 e. The van der Waals surface area contributed by atoms with Gasteiger partial charge in [0, 0.05) is 24.3 Å². The number of nitrogens with one attached hydrogen (secondary N) is 1. The van der Waals surface area contributed by atoms with Crippen LogP contribution in [0.25, 0.3) is 5.82 Å². The van der Waals surface area contributed by atoms with E-state index in [1.54, 1.807) is 59.7 Å². The SMILES string of the molecule is COC(=O)c1cccc(NC(=O)c2ccc(-n3ccnc3)nc2)c1. The Kier molecular flexibility index (Phi) is 4.33. The lowest BCUT2D eigenvalue weighted by molar-refractivity contribution is 0.0600. The predicted octanol–water partition coefficient (Wildman–Crippen LogP) is 2.31. The van der Waals surface area contributed by atoms with Gasteiger partial charge in [-0.1, -0.05) is 6.07 Å². The molecule has 0 saturated carbocycles. The number of hydrogen-bond donors (Lipinski definition) is 1. The van der Waals surface area contributed by atoms with Crippen molar-refractivity contribution < 1.29 is 14.3 Å². The van der Waals surface area contributed by atoms with Crippen molar-refractivity contribution in [1.82, 2.24) is 14.5 Å². The first kappa shape index (κ1) is 15.4. The molecule has 2 heterocycles. The van der Waals surface area contributed by atoms with Gasteiger partial charge in [0.1, 0.15) is 12.1 Å². The van der Waals surface area contributed by atoms with E-state index >= 15 is 0 Å². The number of imidazole rings is 1. The van der Waals surface area contributed by atoms with E-state index in [1.165, 1.54) is 13.3 Å². The topological polar surface area (TPSA) is 86.1 Å². The number of aromatic nitrogens is 3. The third-order valence-corrected chi connectivity index (χ3v) is 3.32. The zero-order valence-corrected chi connectivity index (χ0v) is 12.8. The summed E-state index contributed by atoms with van der Waals surface area (Å²) in [6, 6.07) is 9.92. The Balaban J connectivity index is 1.74. The number of carbonyl (C=O) groups is 2. The second-order valence-electron chi connectivity index (χ2n) is 4.90. The highest BCUT2D eigenvalue weighted by molar-refractivity contribution is 6.04. The molecule has 0 aliphatic carbocycles. The lowest BCUT2D eigenvalue weighted by Gasteiger charge is -2.07. The first-order valence-electron chi connectivity index (χ1n) is 7.11. The second-order valence-corrected chi connectivity index (χ2v) is 4.90. The van der Waals surface area contributed by atoms with Crippen molar-refractivity contribution in [1.29, 1.82) is 0 Å². The molecular formula is C17H14N4O3. The van der Waals surface area contributed by atoms with E-state index in [2.05, 4.69) is 20.0 Å². The fourth-order valence-corrected chi connectivity index (χ4v) is 2.11. The Morgan fingerprint density at radius 2 is 2.04 bits per heavy atom. The molecule has 0 unspecified atom stereocenters. The van der Waals surface area contributed by atoms with E-state index in [0.717, 1.165) is 0 Å². The Morgan fingerprint density at radius 1 is 1.17 bits per heavy atom. The number of hydrogen-bond acceptors (Lipinski definition) is 5. The molecule has 0 aliphatic rings. The van der Waals surface area contributed by atoms with Gasteiger partial charge in [0.15, 0.2) is 0 Å². The summed E-state index contributed by atoms with van der Waals surface area (Å²) in [5.41, 5.74) is 1.27. The van der Waals surface area contributed by atoms with Crippen molar-refractivity contribution in [3.63, 3.8) is 0 Å². The number of nitrogens with zero attached hydrogens (tertiary/aromatic N) is 3. The van der Waals surface area contributed by atoms with Gasteiger partial charge in [-0.2, -0.15) is 0 Å². The van der Waals surface area contributed by atoms with Crippen LogP contribution in [0.5, 0.6) is 0 Å². The molecule has 3 aromatic rings. The molecule has 0 aliphatic heterocycles. The summed E-state index contributed by atoms with van der Waals surface area (Å²) in [5.74, 6) is -0.115. The molecule has 0 fully saturated rings. The minimum Gasteiger partial charge on any atom is -0.465 e. The third-order valence-electron chi connectivity index (χ3n) is 3.32. The van der Waals surface area contributed by atoms with Crippen LogP contribution in [0.3, 0.4) is 0 Å². The van der Waals surface area contributed by atoms with Crippen molar-refractivity contribution in [3.8, 4) is 5.82 Å². The zero-order valence-electron chi connectivity index (χ0n) is 12.8. The monoisotopic (exact) mass is 322 g/mol. The number of ether oxygens (including phenoxy) is 1. The highest BCUT2D eigenvalue weighted by atomic mass is 16.5. The molecule has 0 saturated heterocycles. The van der Waals surface area contributed by atoms with E-state index in [9.17, 15) is 9.59 Å². The Hall–Kier alpha value is -3.48. The number of pyridine rings is 1. The number of benzene rings is 1. The van der Waals surface area contributed by atoms with Crippen LogP contribution < -0.4 is 5.32 Å². The fraction of sp³-hybridized carbons (Fsp3) is 0.0588. The number of rotatable bonds is 4. The van der Waals surface area contributed by atoms with Crippen LogP contribution in [0.2, 0.25) is 0 Å². The molecule has 0 spiro atoms. The molecule has 24 heavy (non-hydrogen) atoms. The number of carbonyl (C=O) groups excluding carboxylic acids is 2. The van der Waals surface area contributed by atoms with Crippen molar-refractivity contribution in [2.24, 2.45) is 0 Å². The standard InChI is InChI=1S/C17H14N4O3/c1-24-17(23)12-3-2-4-14(9-12)20-16(22)13-5-6-15(19-10-13)21-8-7-18-11-21/h2-11H,1H3,(H,20,22). The van der Waals surface area contributed by atoms with Crippen LogP contribution in [0, 0.1) is 0 Å². The van der Waals surface area contributed by atoms with Gasteiger partial charge in [0.25, 0.3) is 5.91 Å². The van der Waals surface area contributed by atoms with Crippen LogP contribution in [-0.2, 0) is 4.74 Å². The van der Waals surface area contributed by atoms with E-state index in [4.69, 9.17) is 0 Å². The average molecular weight is 322 g/mol. The second kappa shape index (κ2) is 6.74. The number of amides is 1. The lowest BCUT2D eigenvalue weighted by atomic mass is 10.2. The summed E-state index contributed by atoms with van der Waals surface area (Å²) in [4.78, 5) is 32.0. The van der Waals surface area contributed by atoms with Crippen LogP contribution in [-0.4, -0.2) is 33.5 Å². The number of anilines is 1. The zero-order chi connectivity index (χ0) is 16.9. The summed E-state index contributed by atoms with van der Waals surface area (Å²) in [5, 5.41) is 2.73. The van der Waals surface area contributed by atoms with Crippen molar-refractivity contribution in [3.05, 3.63) is 72.4 Å². The van der Waals surface area contributed by atoms with E-state index in [0.29, 0.717) is 22.6 Å². The van der Waals surface area contributed by atoms with Gasteiger partial charge in [-0.05, 0) is 30.3 Å². The first-order valence-corrected chi connectivity index (χ1v) is 7.11. The maximum atomic E-state index is 12.3. The normalized spacial score (nSPS) is 10.2. The van der Waals surface area contributed by atoms with E-state index in [-0.39, 0.29) is 5.91 Å². The predicted molar refractivity (Wildman–Crippen MR) is 87.1 cm³/mol. The third kappa shape index (κ3) is 3.30. The molecule has 120 valence electrons. The molecular weight excluding hydrogens is 308 g/mol. The van der Waals surface area contributed by atoms with E-state index in [1.807, 2.05) is 0 Å². The first-order chi connectivity index (χ1) is 11.7. The van der Waals surface area contributed by atoms with Crippen LogP contribution in [0.4, 0.5) is 5.69 Å². The Labute approximate surface area is 137 Å². The molecule has 7 nitrogen and oxygen atoms in total. The highest BCUT2D eigenvalue weighted by Gasteiger charge is 2.10. The van der Waals surface area contributed by atoms with Crippen molar-refractivity contribution in [2.45, 2.75) is 0 Å². The molecule has 1 amide bonds.